The van der Waals surface area contributed by atoms with Crippen molar-refractivity contribution in [1.29, 1.82) is 0 Å². The van der Waals surface area contributed by atoms with Crippen molar-refractivity contribution in [2.24, 2.45) is 0 Å². The Kier molecular flexibility index (Phi) is 4.73. The van der Waals surface area contributed by atoms with Crippen LogP contribution in [0.15, 0.2) is 36.4 Å². The molecule has 0 aromatic heterocycles. The summed E-state index contributed by atoms with van der Waals surface area (Å²) >= 11 is 6.09. The van der Waals surface area contributed by atoms with Crippen LogP contribution in [-0.4, -0.2) is 7.05 Å². The number of halogens is 3. The quantitative estimate of drug-likeness (QED) is 0.880. The highest BCUT2D eigenvalue weighted by Crippen LogP contribution is 2.25. The molecule has 2 aromatic rings. The third kappa shape index (κ3) is 3.35. The summed E-state index contributed by atoms with van der Waals surface area (Å²) in [4.78, 5) is 0. The summed E-state index contributed by atoms with van der Waals surface area (Å²) in [6, 6.07) is 9.25. The van der Waals surface area contributed by atoms with Crippen molar-refractivity contribution in [1.82, 2.24) is 5.32 Å². The van der Waals surface area contributed by atoms with Gasteiger partial charge in [-0.1, -0.05) is 23.7 Å². The fourth-order valence-electron chi connectivity index (χ4n) is 2.19. The molecule has 0 spiro atoms. The van der Waals surface area contributed by atoms with E-state index in [1.54, 1.807) is 25.1 Å². The van der Waals surface area contributed by atoms with E-state index in [9.17, 15) is 8.78 Å². The summed E-state index contributed by atoms with van der Waals surface area (Å²) < 4.78 is 26.6. The first kappa shape index (κ1) is 14.9. The van der Waals surface area contributed by atoms with E-state index in [0.29, 0.717) is 17.0 Å². The normalized spacial score (nSPS) is 12.4. The van der Waals surface area contributed by atoms with Crippen molar-refractivity contribution >= 4 is 11.6 Å². The van der Waals surface area contributed by atoms with Crippen LogP contribution in [0.1, 0.15) is 22.7 Å². The molecule has 0 radical (unpaired) electrons. The van der Waals surface area contributed by atoms with Crippen molar-refractivity contribution in [3.05, 3.63) is 69.7 Å². The van der Waals surface area contributed by atoms with E-state index < -0.39 is 0 Å². The van der Waals surface area contributed by atoms with Crippen molar-refractivity contribution in [3.8, 4) is 0 Å². The molecule has 2 rings (SSSR count). The van der Waals surface area contributed by atoms with Crippen LogP contribution in [0.2, 0.25) is 5.02 Å². The van der Waals surface area contributed by atoms with Gasteiger partial charge in [0.15, 0.2) is 0 Å². The zero-order chi connectivity index (χ0) is 14.7. The van der Waals surface area contributed by atoms with Gasteiger partial charge >= 0.3 is 0 Å². The fraction of sp³-hybridized carbons (Fsp3) is 0.250. The molecule has 1 unspecified atom stereocenters. The number of aryl methyl sites for hydroxylation is 1. The molecule has 2 aromatic carbocycles. The molecule has 0 bridgehead atoms. The van der Waals surface area contributed by atoms with Crippen LogP contribution in [-0.2, 0) is 6.42 Å². The van der Waals surface area contributed by atoms with Crippen molar-refractivity contribution in [2.75, 3.05) is 7.05 Å². The topological polar surface area (TPSA) is 12.0 Å². The Bertz CT molecular complexity index is 613. The molecular formula is C16H16ClF2N. The van der Waals surface area contributed by atoms with Gasteiger partial charge < -0.3 is 5.32 Å². The molecule has 106 valence electrons. The van der Waals surface area contributed by atoms with Crippen molar-refractivity contribution < 1.29 is 8.78 Å². The maximum Gasteiger partial charge on any atom is 0.126 e. The molecule has 1 nitrogen and oxygen atoms in total. The number of likely N-dealkylation sites (N-methyl/N-ethyl adjacent to an activating group) is 1. The van der Waals surface area contributed by atoms with Crippen LogP contribution in [0.3, 0.4) is 0 Å². The highest BCUT2D eigenvalue weighted by atomic mass is 35.5. The Labute approximate surface area is 122 Å². The zero-order valence-corrected chi connectivity index (χ0v) is 12.1. The smallest absolute Gasteiger partial charge is 0.126 e. The predicted molar refractivity (Wildman–Crippen MR) is 78.1 cm³/mol. The van der Waals surface area contributed by atoms with Gasteiger partial charge in [0.05, 0.1) is 0 Å². The van der Waals surface area contributed by atoms with Crippen LogP contribution < -0.4 is 5.32 Å². The van der Waals surface area contributed by atoms with Crippen LogP contribution in [0.5, 0.6) is 0 Å². The van der Waals surface area contributed by atoms with Gasteiger partial charge in [-0.05, 0) is 61.3 Å². The minimum Gasteiger partial charge on any atom is -0.313 e. The first-order valence-corrected chi connectivity index (χ1v) is 6.76. The minimum atomic E-state index is -0.311. The Hall–Kier alpha value is -1.45. The lowest BCUT2D eigenvalue weighted by Crippen LogP contribution is -2.19. The molecule has 0 fully saturated rings. The van der Waals surface area contributed by atoms with E-state index in [0.717, 1.165) is 11.1 Å². The maximum absolute atomic E-state index is 13.3. The monoisotopic (exact) mass is 295 g/mol. The van der Waals surface area contributed by atoms with Gasteiger partial charge in [0.25, 0.3) is 0 Å². The molecule has 0 saturated carbocycles. The molecule has 0 amide bonds. The van der Waals surface area contributed by atoms with Crippen LogP contribution in [0, 0.1) is 18.6 Å². The standard InChI is InChI=1S/C16H16ClF2N/c1-10-7-11(3-6-15(10)19)16(20-2)9-12-8-13(18)4-5-14(12)17/h3-8,16,20H,9H2,1-2H3. The Morgan fingerprint density at radius 3 is 2.55 bits per heavy atom. The Morgan fingerprint density at radius 2 is 1.90 bits per heavy atom. The van der Waals surface area contributed by atoms with E-state index in [1.165, 1.54) is 18.2 Å². The molecule has 0 aliphatic rings. The molecule has 1 N–H and O–H groups in total. The van der Waals surface area contributed by atoms with Gasteiger partial charge in [0.2, 0.25) is 0 Å². The maximum atomic E-state index is 13.3. The van der Waals surface area contributed by atoms with E-state index in [2.05, 4.69) is 5.32 Å². The number of nitrogens with one attached hydrogen (secondary N) is 1. The minimum absolute atomic E-state index is 0.0476. The molecule has 20 heavy (non-hydrogen) atoms. The Balaban J connectivity index is 2.28. The van der Waals surface area contributed by atoms with E-state index in [1.807, 2.05) is 7.05 Å². The summed E-state index contributed by atoms with van der Waals surface area (Å²) in [7, 11) is 1.82. The average Bonchev–Trinajstić information content (AvgIpc) is 2.43. The summed E-state index contributed by atoms with van der Waals surface area (Å²) in [5, 5.41) is 3.69. The van der Waals surface area contributed by atoms with E-state index in [-0.39, 0.29) is 17.7 Å². The molecule has 0 aliphatic carbocycles. The summed E-state index contributed by atoms with van der Waals surface area (Å²) in [6.45, 7) is 1.72. The van der Waals surface area contributed by atoms with Crippen LogP contribution >= 0.6 is 11.6 Å². The lowest BCUT2D eigenvalue weighted by atomic mass is 9.97. The summed E-state index contributed by atoms with van der Waals surface area (Å²) in [6.07, 6.45) is 0.540. The second kappa shape index (κ2) is 6.33. The van der Waals surface area contributed by atoms with Gasteiger partial charge in [-0.3, -0.25) is 0 Å². The van der Waals surface area contributed by atoms with Crippen LogP contribution in [0.25, 0.3) is 0 Å². The number of rotatable bonds is 4. The lowest BCUT2D eigenvalue weighted by Gasteiger charge is -2.18. The molecule has 0 aliphatic heterocycles. The summed E-state index contributed by atoms with van der Waals surface area (Å²) in [5.74, 6) is -0.540. The predicted octanol–water partition coefficient (Wildman–Crippen LogP) is 4.43. The number of hydrogen-bond acceptors (Lipinski definition) is 1. The molecule has 1 atom stereocenters. The lowest BCUT2D eigenvalue weighted by molar-refractivity contribution is 0.578. The first-order chi connectivity index (χ1) is 9.51. The van der Waals surface area contributed by atoms with Gasteiger partial charge in [-0.25, -0.2) is 8.78 Å². The van der Waals surface area contributed by atoms with E-state index >= 15 is 0 Å². The molecule has 0 heterocycles. The third-order valence-corrected chi connectivity index (χ3v) is 3.73. The van der Waals surface area contributed by atoms with E-state index in [4.69, 9.17) is 11.6 Å². The largest absolute Gasteiger partial charge is 0.313 e. The van der Waals surface area contributed by atoms with Crippen molar-refractivity contribution in [2.45, 2.75) is 19.4 Å². The number of hydrogen-bond donors (Lipinski definition) is 1. The van der Waals surface area contributed by atoms with Crippen LogP contribution in [0.4, 0.5) is 8.78 Å². The second-order valence-electron chi connectivity index (χ2n) is 4.79. The van der Waals surface area contributed by atoms with Crippen molar-refractivity contribution in [3.63, 3.8) is 0 Å². The van der Waals surface area contributed by atoms with Gasteiger partial charge in [0, 0.05) is 11.1 Å². The molecular weight excluding hydrogens is 280 g/mol. The van der Waals surface area contributed by atoms with Gasteiger partial charge in [0.1, 0.15) is 11.6 Å². The van der Waals surface area contributed by atoms with Gasteiger partial charge in [-0.15, -0.1) is 0 Å². The highest BCUT2D eigenvalue weighted by molar-refractivity contribution is 6.31. The average molecular weight is 296 g/mol. The second-order valence-corrected chi connectivity index (χ2v) is 5.20. The highest BCUT2D eigenvalue weighted by Gasteiger charge is 2.14. The molecule has 0 saturated heterocycles. The molecule has 4 heteroatoms. The third-order valence-electron chi connectivity index (χ3n) is 3.36. The number of benzene rings is 2. The fourth-order valence-corrected chi connectivity index (χ4v) is 2.39. The zero-order valence-electron chi connectivity index (χ0n) is 11.4. The first-order valence-electron chi connectivity index (χ1n) is 6.38. The Morgan fingerprint density at radius 1 is 1.15 bits per heavy atom. The SMILES string of the molecule is CNC(Cc1cc(F)ccc1Cl)c1ccc(F)c(C)c1. The van der Waals surface area contributed by atoms with Gasteiger partial charge in [-0.2, -0.15) is 0 Å². The summed E-state index contributed by atoms with van der Waals surface area (Å²) in [5.41, 5.74) is 2.27.